The first-order valence-corrected chi connectivity index (χ1v) is 5.63. The molecule has 4 heteroatoms. The molecule has 0 bridgehead atoms. The van der Waals surface area contributed by atoms with Gasteiger partial charge in [0.25, 0.3) is 0 Å². The minimum Gasteiger partial charge on any atom is -0.385 e. The number of rotatable bonds is 7. The van der Waals surface area contributed by atoms with E-state index in [9.17, 15) is 0 Å². The van der Waals surface area contributed by atoms with Crippen LogP contribution in [0.2, 0.25) is 0 Å². The molecular formula is C11H19N3O. The first-order chi connectivity index (χ1) is 7.38. The van der Waals surface area contributed by atoms with Crippen LogP contribution in [0.1, 0.15) is 30.8 Å². The molecule has 0 radical (unpaired) electrons. The summed E-state index contributed by atoms with van der Waals surface area (Å²) in [6.45, 7) is 1.72. The molecule has 84 valence electrons. The fraction of sp³-hybridized carbons (Fsp3) is 0.727. The molecule has 1 aliphatic rings. The van der Waals surface area contributed by atoms with Crippen LogP contribution in [-0.2, 0) is 17.7 Å². The zero-order valence-corrected chi connectivity index (χ0v) is 9.25. The first kappa shape index (κ1) is 10.6. The van der Waals surface area contributed by atoms with Crippen LogP contribution in [0.25, 0.3) is 0 Å². The molecule has 1 fully saturated rings. The maximum Gasteiger partial charge on any atom is 0.106 e. The summed E-state index contributed by atoms with van der Waals surface area (Å²) in [5.74, 6) is 1.07. The van der Waals surface area contributed by atoms with E-state index >= 15 is 0 Å². The quantitative estimate of drug-likeness (QED) is 0.664. The van der Waals surface area contributed by atoms with Crippen molar-refractivity contribution in [3.05, 3.63) is 17.7 Å². The number of nitrogens with one attached hydrogen (secondary N) is 2. The van der Waals surface area contributed by atoms with Crippen molar-refractivity contribution in [1.82, 2.24) is 15.3 Å². The Morgan fingerprint density at radius 1 is 1.60 bits per heavy atom. The van der Waals surface area contributed by atoms with Crippen LogP contribution in [0, 0.1) is 0 Å². The molecule has 0 spiro atoms. The first-order valence-electron chi connectivity index (χ1n) is 5.63. The summed E-state index contributed by atoms with van der Waals surface area (Å²) >= 11 is 0. The van der Waals surface area contributed by atoms with Crippen LogP contribution in [0.4, 0.5) is 0 Å². The highest BCUT2D eigenvalue weighted by atomic mass is 16.5. The molecule has 0 saturated heterocycles. The number of imidazole rings is 1. The zero-order valence-electron chi connectivity index (χ0n) is 9.25. The lowest BCUT2D eigenvalue weighted by molar-refractivity contribution is 0.194. The molecule has 0 amide bonds. The second-order valence-corrected chi connectivity index (χ2v) is 4.11. The Morgan fingerprint density at radius 2 is 2.47 bits per heavy atom. The van der Waals surface area contributed by atoms with E-state index in [0.29, 0.717) is 0 Å². The van der Waals surface area contributed by atoms with Crippen molar-refractivity contribution >= 4 is 0 Å². The van der Waals surface area contributed by atoms with Gasteiger partial charge in [-0.2, -0.15) is 0 Å². The van der Waals surface area contributed by atoms with Gasteiger partial charge >= 0.3 is 0 Å². The molecule has 2 rings (SSSR count). The van der Waals surface area contributed by atoms with E-state index < -0.39 is 0 Å². The maximum atomic E-state index is 5.00. The minimum atomic E-state index is 0.755. The lowest BCUT2D eigenvalue weighted by Gasteiger charge is -1.99. The number of hydrogen-bond donors (Lipinski definition) is 2. The van der Waals surface area contributed by atoms with Crippen LogP contribution in [0.5, 0.6) is 0 Å². The number of aryl methyl sites for hydroxylation is 1. The molecule has 0 aromatic carbocycles. The Balaban J connectivity index is 1.70. The molecule has 0 aliphatic heterocycles. The number of aromatic amines is 1. The van der Waals surface area contributed by atoms with Gasteiger partial charge in [-0.3, -0.25) is 0 Å². The van der Waals surface area contributed by atoms with Gasteiger partial charge in [-0.1, -0.05) is 0 Å². The van der Waals surface area contributed by atoms with Crippen molar-refractivity contribution in [3.63, 3.8) is 0 Å². The molecule has 1 saturated carbocycles. The summed E-state index contributed by atoms with van der Waals surface area (Å²) in [5.41, 5.74) is 1.19. The summed E-state index contributed by atoms with van der Waals surface area (Å²) in [6, 6.07) is 0.755. The molecule has 4 nitrogen and oxygen atoms in total. The highest BCUT2D eigenvalue weighted by molar-refractivity contribution is 5.02. The van der Waals surface area contributed by atoms with Crippen molar-refractivity contribution in [2.24, 2.45) is 0 Å². The monoisotopic (exact) mass is 209 g/mol. The summed E-state index contributed by atoms with van der Waals surface area (Å²) in [6.07, 6.45) is 6.58. The van der Waals surface area contributed by atoms with Crippen LogP contribution in [0.15, 0.2) is 6.20 Å². The smallest absolute Gasteiger partial charge is 0.106 e. The molecule has 0 atom stereocenters. The van der Waals surface area contributed by atoms with E-state index in [1.807, 2.05) is 6.20 Å². The highest BCUT2D eigenvalue weighted by Crippen LogP contribution is 2.18. The lowest BCUT2D eigenvalue weighted by atomic mass is 10.3. The number of aromatic nitrogens is 2. The topological polar surface area (TPSA) is 49.9 Å². The Morgan fingerprint density at radius 3 is 3.20 bits per heavy atom. The van der Waals surface area contributed by atoms with Gasteiger partial charge in [0.1, 0.15) is 5.82 Å². The van der Waals surface area contributed by atoms with E-state index in [4.69, 9.17) is 4.74 Å². The predicted molar refractivity (Wildman–Crippen MR) is 58.6 cm³/mol. The Kier molecular flexibility index (Phi) is 3.75. The third-order valence-electron chi connectivity index (χ3n) is 2.60. The third kappa shape index (κ3) is 3.64. The summed E-state index contributed by atoms with van der Waals surface area (Å²) in [4.78, 5) is 7.66. The van der Waals surface area contributed by atoms with Gasteiger partial charge in [0.05, 0.1) is 0 Å². The molecule has 1 aromatic heterocycles. The lowest BCUT2D eigenvalue weighted by Crippen LogP contribution is -2.15. The van der Waals surface area contributed by atoms with E-state index in [0.717, 1.165) is 37.9 Å². The van der Waals surface area contributed by atoms with Crippen LogP contribution < -0.4 is 5.32 Å². The van der Waals surface area contributed by atoms with Crippen LogP contribution in [-0.4, -0.2) is 29.7 Å². The minimum absolute atomic E-state index is 0.755. The van der Waals surface area contributed by atoms with Crippen molar-refractivity contribution in [1.29, 1.82) is 0 Å². The summed E-state index contributed by atoms with van der Waals surface area (Å²) in [5, 5.41) is 3.46. The average Bonchev–Trinajstić information content (AvgIpc) is 2.97. The second kappa shape index (κ2) is 5.28. The Bertz CT molecular complexity index is 294. The predicted octanol–water partition coefficient (Wildman–Crippen LogP) is 1.24. The van der Waals surface area contributed by atoms with Gasteiger partial charge in [0.2, 0.25) is 0 Å². The van der Waals surface area contributed by atoms with Gasteiger partial charge in [-0.05, 0) is 19.3 Å². The average molecular weight is 209 g/mol. The molecule has 1 aromatic rings. The summed E-state index contributed by atoms with van der Waals surface area (Å²) in [7, 11) is 1.73. The van der Waals surface area contributed by atoms with E-state index in [1.54, 1.807) is 7.11 Å². The molecule has 2 N–H and O–H groups in total. The van der Waals surface area contributed by atoms with Gasteiger partial charge in [0.15, 0.2) is 0 Å². The largest absolute Gasteiger partial charge is 0.385 e. The molecule has 0 unspecified atom stereocenters. The number of nitrogens with zero attached hydrogens (tertiary/aromatic N) is 1. The van der Waals surface area contributed by atoms with Crippen molar-refractivity contribution < 1.29 is 4.74 Å². The van der Waals surface area contributed by atoms with Crippen LogP contribution >= 0.6 is 0 Å². The molecule has 1 aliphatic carbocycles. The van der Waals surface area contributed by atoms with Crippen molar-refractivity contribution in [2.75, 3.05) is 13.7 Å². The summed E-state index contributed by atoms with van der Waals surface area (Å²) < 4.78 is 5.00. The fourth-order valence-corrected chi connectivity index (χ4v) is 1.55. The normalized spacial score (nSPS) is 15.8. The fourth-order valence-electron chi connectivity index (χ4n) is 1.55. The maximum absolute atomic E-state index is 5.00. The molecule has 15 heavy (non-hydrogen) atoms. The van der Waals surface area contributed by atoms with Gasteiger partial charge in [-0.15, -0.1) is 0 Å². The van der Waals surface area contributed by atoms with E-state index in [1.165, 1.54) is 18.5 Å². The Hall–Kier alpha value is -0.870. The standard InChI is InChI=1S/C11H19N3O/c1-15-6-2-3-11-13-8-10(14-11)7-12-9-4-5-9/h8-9,12H,2-7H2,1H3,(H,13,14). The van der Waals surface area contributed by atoms with Gasteiger partial charge in [-0.25, -0.2) is 4.98 Å². The number of ether oxygens (including phenoxy) is 1. The highest BCUT2D eigenvalue weighted by Gasteiger charge is 2.20. The number of hydrogen-bond acceptors (Lipinski definition) is 3. The van der Waals surface area contributed by atoms with Crippen LogP contribution in [0.3, 0.4) is 0 Å². The van der Waals surface area contributed by atoms with E-state index in [-0.39, 0.29) is 0 Å². The zero-order chi connectivity index (χ0) is 10.5. The molecule has 1 heterocycles. The number of methoxy groups -OCH3 is 1. The van der Waals surface area contributed by atoms with Crippen molar-refractivity contribution in [2.45, 2.75) is 38.3 Å². The third-order valence-corrected chi connectivity index (χ3v) is 2.60. The Labute approximate surface area is 90.4 Å². The second-order valence-electron chi connectivity index (χ2n) is 4.11. The van der Waals surface area contributed by atoms with Gasteiger partial charge in [0, 0.05) is 44.6 Å². The van der Waals surface area contributed by atoms with Gasteiger partial charge < -0.3 is 15.0 Å². The SMILES string of the molecule is COCCCc1ncc(CNC2CC2)[nH]1. The van der Waals surface area contributed by atoms with Crippen molar-refractivity contribution in [3.8, 4) is 0 Å². The van der Waals surface area contributed by atoms with E-state index in [2.05, 4.69) is 15.3 Å². The molecular weight excluding hydrogens is 190 g/mol. The number of H-pyrrole nitrogens is 1.